The van der Waals surface area contributed by atoms with Crippen molar-refractivity contribution in [1.29, 1.82) is 0 Å². The molecule has 3 N–H and O–H groups in total. The number of hydrogen-bond donors (Lipinski definition) is 2. The van der Waals surface area contributed by atoms with Crippen molar-refractivity contribution in [3.05, 3.63) is 100 Å². The van der Waals surface area contributed by atoms with Gasteiger partial charge in [0.05, 0.1) is 28.3 Å². The van der Waals surface area contributed by atoms with E-state index in [9.17, 15) is 9.59 Å². The molecule has 10 heteroatoms. The number of nitrogen functional groups attached to an aromatic ring is 1. The minimum atomic E-state index is -0.564. The smallest absolute Gasteiger partial charge is 0.264 e. The van der Waals surface area contributed by atoms with Crippen LogP contribution in [0.25, 0.3) is 22.1 Å². The van der Waals surface area contributed by atoms with Gasteiger partial charge in [-0.25, -0.2) is 9.50 Å². The molecule has 0 spiro atoms. The topological polar surface area (TPSA) is 120 Å². The molecule has 198 valence electrons. The third-order valence-electron chi connectivity index (χ3n) is 6.82. The number of anilines is 1. The van der Waals surface area contributed by atoms with E-state index in [0.717, 1.165) is 5.39 Å². The summed E-state index contributed by atoms with van der Waals surface area (Å²) in [4.78, 5) is 36.2. The van der Waals surface area contributed by atoms with Gasteiger partial charge in [-0.2, -0.15) is 0 Å². The number of rotatable bonds is 4. The molecule has 0 saturated carbocycles. The lowest BCUT2D eigenvalue weighted by molar-refractivity contribution is 0.0941. The van der Waals surface area contributed by atoms with Crippen LogP contribution in [0.5, 0.6) is 0 Å². The Bertz CT molecular complexity index is 1920. The number of para-hydroxylation sites is 1. The molecule has 1 aliphatic heterocycles. The summed E-state index contributed by atoms with van der Waals surface area (Å²) in [6.45, 7) is 3.86. The maximum absolute atomic E-state index is 14.2. The van der Waals surface area contributed by atoms with Gasteiger partial charge in [-0.1, -0.05) is 53.9 Å². The summed E-state index contributed by atoms with van der Waals surface area (Å²) in [5.41, 5.74) is 10.2. The number of nitrogens with two attached hydrogens (primary N) is 1. The monoisotopic (exact) mass is 547 g/mol. The Labute approximate surface area is 234 Å². The van der Waals surface area contributed by atoms with Crippen LogP contribution in [-0.2, 0) is 0 Å². The third kappa shape index (κ3) is 4.50. The number of thioether (sulfide) groups is 1. The van der Waals surface area contributed by atoms with Crippen LogP contribution < -0.4 is 16.6 Å². The van der Waals surface area contributed by atoms with E-state index in [-0.39, 0.29) is 28.2 Å². The van der Waals surface area contributed by atoms with E-state index in [4.69, 9.17) is 5.73 Å². The summed E-state index contributed by atoms with van der Waals surface area (Å²) in [5.74, 6) is 6.16. The predicted octanol–water partition coefficient (Wildman–Crippen LogP) is 3.99. The van der Waals surface area contributed by atoms with Gasteiger partial charge in [-0.05, 0) is 49.6 Å². The number of benzene rings is 2. The molecule has 1 aliphatic rings. The van der Waals surface area contributed by atoms with E-state index in [1.807, 2.05) is 74.0 Å². The first-order chi connectivity index (χ1) is 19.4. The molecule has 5 aromatic rings. The number of pyridine rings is 1. The van der Waals surface area contributed by atoms with Gasteiger partial charge in [0, 0.05) is 29.3 Å². The maximum Gasteiger partial charge on any atom is 0.264 e. The highest BCUT2D eigenvalue weighted by Crippen LogP contribution is 2.25. The minimum Gasteiger partial charge on any atom is -0.381 e. The highest BCUT2D eigenvalue weighted by molar-refractivity contribution is 8.13. The molecular weight excluding hydrogens is 522 g/mol. The first-order valence-corrected chi connectivity index (χ1v) is 13.7. The Morgan fingerprint density at radius 1 is 1.15 bits per heavy atom. The lowest BCUT2D eigenvalue weighted by Crippen LogP contribution is -2.32. The lowest BCUT2D eigenvalue weighted by Gasteiger charge is -2.21. The SMILES string of the molecule is CC(NC(=O)c1c(N)nn2cccnc12)c1cc2cccc(C#CC3SC=NC3C)c2c(=O)n1-c1ccccc1. The van der Waals surface area contributed by atoms with E-state index in [0.29, 0.717) is 28.0 Å². The van der Waals surface area contributed by atoms with Crippen molar-refractivity contribution < 1.29 is 4.79 Å². The molecule has 3 unspecified atom stereocenters. The van der Waals surface area contributed by atoms with Gasteiger partial charge in [-0.15, -0.1) is 5.10 Å². The van der Waals surface area contributed by atoms with Crippen LogP contribution in [-0.4, -0.2) is 41.9 Å². The van der Waals surface area contributed by atoms with Crippen molar-refractivity contribution in [2.45, 2.75) is 31.2 Å². The molecule has 9 nitrogen and oxygen atoms in total. The maximum atomic E-state index is 14.2. The molecule has 0 radical (unpaired) electrons. The van der Waals surface area contributed by atoms with E-state index in [2.05, 4.69) is 32.2 Å². The van der Waals surface area contributed by atoms with Crippen molar-refractivity contribution >= 4 is 45.5 Å². The summed E-state index contributed by atoms with van der Waals surface area (Å²) in [6, 6.07) is 18.2. The molecule has 1 amide bonds. The van der Waals surface area contributed by atoms with Gasteiger partial charge in [-0.3, -0.25) is 19.1 Å². The first kappa shape index (κ1) is 25.4. The van der Waals surface area contributed by atoms with Crippen molar-refractivity contribution in [3.8, 4) is 17.5 Å². The number of amides is 1. The zero-order chi connectivity index (χ0) is 27.8. The zero-order valence-electron chi connectivity index (χ0n) is 21.8. The number of carbonyl (C=O) groups excluding carboxylic acids is 1. The van der Waals surface area contributed by atoms with Crippen LogP contribution in [0, 0.1) is 11.8 Å². The quantitative estimate of drug-likeness (QED) is 0.329. The molecule has 0 fully saturated rings. The molecule has 0 saturated heterocycles. The average Bonchev–Trinajstić information content (AvgIpc) is 3.53. The Morgan fingerprint density at radius 3 is 2.75 bits per heavy atom. The molecule has 40 heavy (non-hydrogen) atoms. The van der Waals surface area contributed by atoms with Crippen LogP contribution in [0.3, 0.4) is 0 Å². The van der Waals surface area contributed by atoms with Crippen molar-refractivity contribution in [2.24, 2.45) is 4.99 Å². The fraction of sp³-hybridized carbons (Fsp3) is 0.167. The molecule has 6 rings (SSSR count). The zero-order valence-corrected chi connectivity index (χ0v) is 22.6. The first-order valence-electron chi connectivity index (χ1n) is 12.7. The normalized spacial score (nSPS) is 17.1. The number of hydrogen-bond acceptors (Lipinski definition) is 7. The third-order valence-corrected chi connectivity index (χ3v) is 7.87. The van der Waals surface area contributed by atoms with Gasteiger partial charge in [0.1, 0.15) is 5.56 Å². The number of carbonyl (C=O) groups is 1. The molecular formula is C30H25N7O2S. The summed E-state index contributed by atoms with van der Waals surface area (Å²) in [6.07, 6.45) is 3.25. The van der Waals surface area contributed by atoms with Crippen LogP contribution in [0.4, 0.5) is 5.82 Å². The fourth-order valence-corrected chi connectivity index (χ4v) is 5.62. The van der Waals surface area contributed by atoms with Gasteiger partial charge in [0.25, 0.3) is 11.5 Å². The Hall–Kier alpha value is -4.88. The fourth-order valence-electron chi connectivity index (χ4n) is 4.80. The van der Waals surface area contributed by atoms with Gasteiger partial charge in [0.15, 0.2) is 11.5 Å². The van der Waals surface area contributed by atoms with Crippen LogP contribution in [0.1, 0.15) is 41.5 Å². The molecule has 4 heterocycles. The van der Waals surface area contributed by atoms with Crippen LogP contribution >= 0.6 is 11.8 Å². The van der Waals surface area contributed by atoms with Crippen molar-refractivity contribution in [1.82, 2.24) is 24.5 Å². The number of aromatic nitrogens is 4. The van der Waals surface area contributed by atoms with Crippen molar-refractivity contribution in [2.75, 3.05) is 5.73 Å². The van der Waals surface area contributed by atoms with Gasteiger partial charge < -0.3 is 11.1 Å². The molecule has 2 aromatic carbocycles. The van der Waals surface area contributed by atoms with Gasteiger partial charge >= 0.3 is 0 Å². The highest BCUT2D eigenvalue weighted by Gasteiger charge is 2.24. The number of nitrogens with one attached hydrogen (secondary N) is 1. The summed E-state index contributed by atoms with van der Waals surface area (Å²) in [5, 5.41) is 8.49. The largest absolute Gasteiger partial charge is 0.381 e. The Morgan fingerprint density at radius 2 is 1.98 bits per heavy atom. The van der Waals surface area contributed by atoms with E-state index < -0.39 is 11.9 Å². The summed E-state index contributed by atoms with van der Waals surface area (Å²) >= 11 is 1.58. The second kappa shape index (κ2) is 10.4. The predicted molar refractivity (Wildman–Crippen MR) is 159 cm³/mol. The minimum absolute atomic E-state index is 0.0444. The second-order valence-electron chi connectivity index (χ2n) is 9.48. The summed E-state index contributed by atoms with van der Waals surface area (Å²) in [7, 11) is 0. The average molecular weight is 548 g/mol. The lowest BCUT2D eigenvalue weighted by atomic mass is 10.0. The second-order valence-corrected chi connectivity index (χ2v) is 10.5. The summed E-state index contributed by atoms with van der Waals surface area (Å²) < 4.78 is 3.09. The number of nitrogens with zero attached hydrogens (tertiary/aromatic N) is 5. The highest BCUT2D eigenvalue weighted by atomic mass is 32.2. The van der Waals surface area contributed by atoms with E-state index in [1.54, 1.807) is 34.8 Å². The number of fused-ring (bicyclic) bond motifs is 2. The molecule has 0 aliphatic carbocycles. The van der Waals surface area contributed by atoms with Crippen LogP contribution in [0.15, 0.2) is 82.8 Å². The molecule has 0 bridgehead atoms. The number of aliphatic imine (C=N–C) groups is 1. The molecule has 3 atom stereocenters. The standard InChI is InChI=1S/C30H25N7O2S/c1-18(34-29(38)26-27(31)35-36-15-7-14-32-28(26)36)23-16-21-9-6-8-20(12-13-24-19(2)33-17-40-24)25(21)30(39)37(23)22-10-4-3-5-11-22/h3-11,14-19,24H,1-2H3,(H2,31,35)(H,34,38). The Kier molecular flexibility index (Phi) is 6.58. The van der Waals surface area contributed by atoms with Crippen LogP contribution in [0.2, 0.25) is 0 Å². The van der Waals surface area contributed by atoms with Crippen molar-refractivity contribution in [3.63, 3.8) is 0 Å². The molecule has 3 aromatic heterocycles. The van der Waals surface area contributed by atoms with Gasteiger partial charge in [0.2, 0.25) is 0 Å². The van der Waals surface area contributed by atoms with E-state index >= 15 is 0 Å². The Balaban J connectivity index is 1.46. The van der Waals surface area contributed by atoms with E-state index in [1.165, 1.54) is 4.52 Å².